The van der Waals surface area contributed by atoms with Crippen LogP contribution in [0.5, 0.6) is 0 Å². The standard InChI is InChI=1S/C26H24N6O/c1-16-12-21-22(13-17(16)2)32-23(19-8-10-20(11-9-19)30-26(27)33)15-29-25(32)24(31-21)28-14-18-6-4-3-5-7-18/h3-13,15H,14H2,1-2H3,(H,28,31)(H3,27,30,33). The molecule has 5 aromatic rings. The molecular formula is C26H24N6O. The van der Waals surface area contributed by atoms with Crippen molar-refractivity contribution in [1.29, 1.82) is 0 Å². The molecule has 7 heteroatoms. The van der Waals surface area contributed by atoms with Gasteiger partial charge in [0.1, 0.15) is 0 Å². The van der Waals surface area contributed by atoms with Gasteiger partial charge in [-0.1, -0.05) is 42.5 Å². The van der Waals surface area contributed by atoms with Crippen molar-refractivity contribution < 1.29 is 4.79 Å². The highest BCUT2D eigenvalue weighted by atomic mass is 16.2. The number of amides is 2. The first-order valence-corrected chi connectivity index (χ1v) is 10.7. The lowest BCUT2D eigenvalue weighted by Gasteiger charge is -2.13. The molecule has 33 heavy (non-hydrogen) atoms. The van der Waals surface area contributed by atoms with Crippen LogP contribution in [0.2, 0.25) is 0 Å². The van der Waals surface area contributed by atoms with Crippen LogP contribution in [0.25, 0.3) is 27.9 Å². The number of hydrogen-bond acceptors (Lipinski definition) is 4. The monoisotopic (exact) mass is 436 g/mol. The van der Waals surface area contributed by atoms with Crippen LogP contribution < -0.4 is 16.4 Å². The van der Waals surface area contributed by atoms with Crippen molar-refractivity contribution in [2.24, 2.45) is 5.73 Å². The Morgan fingerprint density at radius 3 is 2.45 bits per heavy atom. The Labute approximate surface area is 191 Å². The number of hydrogen-bond donors (Lipinski definition) is 3. The summed E-state index contributed by atoms with van der Waals surface area (Å²) in [5, 5.41) is 6.07. The first-order valence-electron chi connectivity index (χ1n) is 10.7. The van der Waals surface area contributed by atoms with E-state index in [0.29, 0.717) is 12.2 Å². The number of rotatable bonds is 5. The Bertz CT molecular complexity index is 1470. The lowest BCUT2D eigenvalue weighted by Crippen LogP contribution is -2.19. The number of aryl methyl sites for hydroxylation is 2. The number of benzene rings is 3. The van der Waals surface area contributed by atoms with E-state index in [2.05, 4.69) is 53.1 Å². The van der Waals surface area contributed by atoms with E-state index in [1.54, 1.807) is 0 Å². The largest absolute Gasteiger partial charge is 0.363 e. The van der Waals surface area contributed by atoms with Crippen molar-refractivity contribution in [3.63, 3.8) is 0 Å². The number of imidazole rings is 1. The molecule has 164 valence electrons. The lowest BCUT2D eigenvalue weighted by atomic mass is 10.1. The number of fused-ring (bicyclic) bond motifs is 3. The first kappa shape index (κ1) is 20.5. The molecule has 0 radical (unpaired) electrons. The molecule has 0 saturated heterocycles. The van der Waals surface area contributed by atoms with E-state index >= 15 is 0 Å². The summed E-state index contributed by atoms with van der Waals surface area (Å²) in [5.41, 5.74) is 14.0. The number of nitrogens with zero attached hydrogens (tertiary/aromatic N) is 3. The first-order chi connectivity index (χ1) is 16.0. The predicted molar refractivity (Wildman–Crippen MR) is 132 cm³/mol. The number of nitrogens with two attached hydrogens (primary N) is 1. The minimum atomic E-state index is -0.588. The molecule has 0 bridgehead atoms. The number of carbonyl (C=O) groups excluding carboxylic acids is 1. The van der Waals surface area contributed by atoms with E-state index in [9.17, 15) is 4.79 Å². The number of carbonyl (C=O) groups is 1. The zero-order valence-electron chi connectivity index (χ0n) is 18.5. The Balaban J connectivity index is 1.65. The van der Waals surface area contributed by atoms with E-state index in [0.717, 1.165) is 33.8 Å². The fourth-order valence-electron chi connectivity index (χ4n) is 3.96. The van der Waals surface area contributed by atoms with Crippen LogP contribution in [0, 0.1) is 13.8 Å². The molecule has 0 fully saturated rings. The summed E-state index contributed by atoms with van der Waals surface area (Å²) in [6, 6.07) is 21.4. The quantitative estimate of drug-likeness (QED) is 0.350. The maximum atomic E-state index is 11.1. The van der Waals surface area contributed by atoms with Gasteiger partial charge in [0, 0.05) is 17.8 Å². The van der Waals surface area contributed by atoms with Crippen LogP contribution in [0.4, 0.5) is 16.3 Å². The number of aromatic nitrogens is 3. The molecule has 0 unspecified atom stereocenters. The van der Waals surface area contributed by atoms with Gasteiger partial charge in [0.25, 0.3) is 0 Å². The second-order valence-electron chi connectivity index (χ2n) is 8.09. The molecule has 7 nitrogen and oxygen atoms in total. The van der Waals surface area contributed by atoms with E-state index in [1.165, 1.54) is 16.7 Å². The fraction of sp³-hybridized carbons (Fsp3) is 0.115. The minimum absolute atomic E-state index is 0.588. The van der Waals surface area contributed by atoms with Crippen LogP contribution in [0.15, 0.2) is 72.9 Å². The molecule has 0 atom stereocenters. The van der Waals surface area contributed by atoms with Crippen molar-refractivity contribution in [3.05, 3.63) is 89.6 Å². The van der Waals surface area contributed by atoms with Crippen molar-refractivity contribution in [1.82, 2.24) is 14.4 Å². The third-order valence-electron chi connectivity index (χ3n) is 5.79. The van der Waals surface area contributed by atoms with Crippen molar-refractivity contribution in [3.8, 4) is 11.3 Å². The van der Waals surface area contributed by atoms with Crippen LogP contribution in [-0.2, 0) is 6.54 Å². The maximum absolute atomic E-state index is 11.1. The van der Waals surface area contributed by atoms with Crippen LogP contribution >= 0.6 is 0 Å². The third kappa shape index (κ3) is 3.96. The average Bonchev–Trinajstić information content (AvgIpc) is 3.25. The molecular weight excluding hydrogens is 412 g/mol. The Kier molecular flexibility index (Phi) is 5.14. The second kappa shape index (κ2) is 8.27. The van der Waals surface area contributed by atoms with Gasteiger partial charge in [-0.05, 0) is 54.8 Å². The van der Waals surface area contributed by atoms with Crippen LogP contribution in [-0.4, -0.2) is 20.4 Å². The van der Waals surface area contributed by atoms with Gasteiger partial charge in [-0.2, -0.15) is 0 Å². The van der Waals surface area contributed by atoms with Crippen LogP contribution in [0.3, 0.4) is 0 Å². The number of nitrogens with one attached hydrogen (secondary N) is 2. The highest BCUT2D eigenvalue weighted by molar-refractivity contribution is 5.89. The Morgan fingerprint density at radius 1 is 1.00 bits per heavy atom. The normalized spacial score (nSPS) is 11.1. The van der Waals surface area contributed by atoms with Gasteiger partial charge in [0.2, 0.25) is 0 Å². The maximum Gasteiger partial charge on any atom is 0.316 e. The second-order valence-corrected chi connectivity index (χ2v) is 8.09. The highest BCUT2D eigenvalue weighted by Gasteiger charge is 2.16. The molecule has 0 aliphatic heterocycles. The van der Waals surface area contributed by atoms with Gasteiger partial charge >= 0.3 is 6.03 Å². The summed E-state index contributed by atoms with van der Waals surface area (Å²) in [5.74, 6) is 0.730. The van der Waals surface area contributed by atoms with Gasteiger partial charge in [0.05, 0.1) is 22.9 Å². The van der Waals surface area contributed by atoms with Crippen molar-refractivity contribution in [2.45, 2.75) is 20.4 Å². The molecule has 0 spiro atoms. The molecule has 5 rings (SSSR count). The summed E-state index contributed by atoms with van der Waals surface area (Å²) in [7, 11) is 0. The van der Waals surface area contributed by atoms with Crippen molar-refractivity contribution >= 4 is 34.2 Å². The Morgan fingerprint density at radius 2 is 1.73 bits per heavy atom. The van der Waals surface area contributed by atoms with Gasteiger partial charge in [-0.15, -0.1) is 0 Å². The molecule has 2 heterocycles. The fourth-order valence-corrected chi connectivity index (χ4v) is 3.96. The summed E-state index contributed by atoms with van der Waals surface area (Å²) in [4.78, 5) is 20.8. The summed E-state index contributed by atoms with van der Waals surface area (Å²) in [6.45, 7) is 4.84. The summed E-state index contributed by atoms with van der Waals surface area (Å²) >= 11 is 0. The molecule has 0 saturated carbocycles. The smallest absolute Gasteiger partial charge is 0.316 e. The van der Waals surface area contributed by atoms with Gasteiger partial charge in [-0.3, -0.25) is 4.40 Å². The van der Waals surface area contributed by atoms with Crippen LogP contribution in [0.1, 0.15) is 16.7 Å². The van der Waals surface area contributed by atoms with E-state index < -0.39 is 6.03 Å². The molecule has 0 aliphatic carbocycles. The predicted octanol–water partition coefficient (Wildman–Crippen LogP) is 5.27. The third-order valence-corrected chi connectivity index (χ3v) is 5.79. The van der Waals surface area contributed by atoms with E-state index in [-0.39, 0.29) is 0 Å². The number of primary amides is 1. The van der Waals surface area contributed by atoms with E-state index in [4.69, 9.17) is 15.7 Å². The lowest BCUT2D eigenvalue weighted by molar-refractivity contribution is 0.259. The van der Waals surface area contributed by atoms with Gasteiger partial charge in [-0.25, -0.2) is 14.8 Å². The van der Waals surface area contributed by atoms with Gasteiger partial charge in [0.15, 0.2) is 11.5 Å². The zero-order valence-corrected chi connectivity index (χ0v) is 18.5. The average molecular weight is 437 g/mol. The molecule has 2 amide bonds. The van der Waals surface area contributed by atoms with Gasteiger partial charge < -0.3 is 16.4 Å². The number of urea groups is 1. The molecule has 4 N–H and O–H groups in total. The summed E-state index contributed by atoms with van der Waals surface area (Å²) < 4.78 is 2.14. The molecule has 2 aromatic heterocycles. The Hall–Kier alpha value is -4.39. The number of anilines is 2. The summed E-state index contributed by atoms with van der Waals surface area (Å²) in [6.07, 6.45) is 1.86. The zero-order chi connectivity index (χ0) is 22.9. The highest BCUT2D eigenvalue weighted by Crippen LogP contribution is 2.30. The molecule has 0 aliphatic rings. The SMILES string of the molecule is Cc1cc2nc(NCc3ccccc3)c3ncc(-c4ccc(NC(N)=O)cc4)n3c2cc1C. The van der Waals surface area contributed by atoms with E-state index in [1.807, 2.05) is 48.7 Å². The minimum Gasteiger partial charge on any atom is -0.363 e. The molecule has 3 aromatic carbocycles. The topological polar surface area (TPSA) is 97.3 Å². The van der Waals surface area contributed by atoms with Crippen molar-refractivity contribution in [2.75, 3.05) is 10.6 Å².